The van der Waals surface area contributed by atoms with Gasteiger partial charge in [-0.3, -0.25) is 9.55 Å². The van der Waals surface area contributed by atoms with Gasteiger partial charge >= 0.3 is 0 Å². The van der Waals surface area contributed by atoms with Gasteiger partial charge in [0, 0.05) is 42.8 Å². The van der Waals surface area contributed by atoms with Crippen LogP contribution in [0.2, 0.25) is 0 Å². The highest BCUT2D eigenvalue weighted by Crippen LogP contribution is 2.41. The SMILES string of the molecule is COCCN1C(=S)N[C@@H](c2ccccn2)[C@H]1c1cc(C)n(-c2nccs2)c1C. The van der Waals surface area contributed by atoms with Gasteiger partial charge in [0.15, 0.2) is 10.2 Å². The minimum atomic E-state index is -0.0178. The first-order valence-electron chi connectivity index (χ1n) is 9.17. The fraction of sp³-hybridized carbons (Fsp3) is 0.350. The zero-order valence-electron chi connectivity index (χ0n) is 16.1. The number of rotatable bonds is 6. The normalized spacial score (nSPS) is 19.2. The molecule has 3 aromatic heterocycles. The number of nitrogens with one attached hydrogen (secondary N) is 1. The molecule has 0 aromatic carbocycles. The smallest absolute Gasteiger partial charge is 0.193 e. The number of hydrogen-bond acceptors (Lipinski definition) is 5. The first kappa shape index (κ1) is 19.0. The number of thiocarbonyl (C=S) groups is 1. The lowest BCUT2D eigenvalue weighted by Gasteiger charge is -2.27. The molecule has 1 fully saturated rings. The zero-order chi connectivity index (χ0) is 19.7. The summed E-state index contributed by atoms with van der Waals surface area (Å²) in [5.41, 5.74) is 4.54. The number of nitrogens with zero attached hydrogens (tertiary/aromatic N) is 4. The molecule has 8 heteroatoms. The monoisotopic (exact) mass is 413 g/mol. The van der Waals surface area contributed by atoms with E-state index in [9.17, 15) is 0 Å². The van der Waals surface area contributed by atoms with Crippen molar-refractivity contribution < 1.29 is 4.74 Å². The van der Waals surface area contributed by atoms with E-state index in [0.29, 0.717) is 6.61 Å². The maximum atomic E-state index is 5.68. The fourth-order valence-electron chi connectivity index (χ4n) is 3.88. The Morgan fingerprint density at radius 3 is 2.79 bits per heavy atom. The van der Waals surface area contributed by atoms with E-state index >= 15 is 0 Å². The lowest BCUT2D eigenvalue weighted by Crippen LogP contribution is -2.32. The van der Waals surface area contributed by atoms with E-state index in [0.717, 1.165) is 28.2 Å². The Hall–Kier alpha value is -2.29. The molecule has 0 aliphatic carbocycles. The maximum Gasteiger partial charge on any atom is 0.193 e. The van der Waals surface area contributed by atoms with Gasteiger partial charge in [0.2, 0.25) is 0 Å². The standard InChI is InChI=1S/C20H23N5OS2/c1-13-12-15(14(2)25(13)20-22-8-11-28-20)18-17(16-6-4-5-7-21-16)23-19(27)24(18)9-10-26-3/h4-8,11-12,17-18H,9-10H2,1-3H3,(H,23,27)/t17-,18+/m0/s1. The molecule has 3 aromatic rings. The van der Waals surface area contributed by atoms with Crippen LogP contribution in [0.4, 0.5) is 0 Å². The molecule has 4 heterocycles. The number of aryl methyl sites for hydroxylation is 1. The van der Waals surface area contributed by atoms with Gasteiger partial charge in [0.05, 0.1) is 24.4 Å². The van der Waals surface area contributed by atoms with E-state index in [1.54, 1.807) is 18.4 Å². The van der Waals surface area contributed by atoms with Crippen LogP contribution < -0.4 is 5.32 Å². The van der Waals surface area contributed by atoms with E-state index in [1.165, 1.54) is 11.3 Å². The second kappa shape index (κ2) is 7.98. The van der Waals surface area contributed by atoms with Crippen molar-refractivity contribution in [3.63, 3.8) is 0 Å². The zero-order valence-corrected chi connectivity index (χ0v) is 17.8. The summed E-state index contributed by atoms with van der Waals surface area (Å²) in [7, 11) is 1.71. The molecule has 0 bridgehead atoms. The number of pyridine rings is 1. The van der Waals surface area contributed by atoms with Gasteiger partial charge in [-0.25, -0.2) is 4.98 Å². The van der Waals surface area contributed by atoms with Crippen LogP contribution in [0.5, 0.6) is 0 Å². The van der Waals surface area contributed by atoms with Crippen molar-refractivity contribution >= 4 is 28.7 Å². The molecule has 1 N–H and O–H groups in total. The highest BCUT2D eigenvalue weighted by Gasteiger charge is 2.41. The van der Waals surface area contributed by atoms with Gasteiger partial charge in [-0.1, -0.05) is 6.07 Å². The van der Waals surface area contributed by atoms with Crippen molar-refractivity contribution in [3.05, 3.63) is 64.7 Å². The Morgan fingerprint density at radius 1 is 1.25 bits per heavy atom. The molecule has 1 aliphatic heterocycles. The van der Waals surface area contributed by atoms with Gasteiger partial charge in [0.25, 0.3) is 0 Å². The van der Waals surface area contributed by atoms with Crippen LogP contribution in [-0.2, 0) is 4.74 Å². The summed E-state index contributed by atoms with van der Waals surface area (Å²) in [6.07, 6.45) is 3.67. The van der Waals surface area contributed by atoms with Gasteiger partial charge in [0.1, 0.15) is 0 Å². The topological polar surface area (TPSA) is 55.2 Å². The Labute approximate surface area is 174 Å². The number of hydrogen-bond donors (Lipinski definition) is 1. The number of thiazole rings is 1. The predicted molar refractivity (Wildman–Crippen MR) is 115 cm³/mol. The Balaban J connectivity index is 1.81. The summed E-state index contributed by atoms with van der Waals surface area (Å²) in [4.78, 5) is 11.3. The fourth-order valence-corrected chi connectivity index (χ4v) is 4.97. The average Bonchev–Trinajstić information content (AvgIpc) is 3.39. The van der Waals surface area contributed by atoms with E-state index in [-0.39, 0.29) is 12.1 Å². The minimum absolute atomic E-state index is 0.0178. The second-order valence-electron chi connectivity index (χ2n) is 6.79. The van der Waals surface area contributed by atoms with E-state index in [2.05, 4.69) is 44.7 Å². The van der Waals surface area contributed by atoms with Crippen LogP contribution in [0.15, 0.2) is 42.0 Å². The van der Waals surface area contributed by atoms with E-state index in [4.69, 9.17) is 17.0 Å². The molecule has 146 valence electrons. The first-order chi connectivity index (χ1) is 13.6. The molecular formula is C20H23N5OS2. The van der Waals surface area contributed by atoms with Crippen molar-refractivity contribution in [2.45, 2.75) is 25.9 Å². The molecule has 1 aliphatic rings. The molecular weight excluding hydrogens is 390 g/mol. The minimum Gasteiger partial charge on any atom is -0.383 e. The van der Waals surface area contributed by atoms with Gasteiger partial charge in [-0.05, 0) is 49.8 Å². The molecule has 0 radical (unpaired) electrons. The summed E-state index contributed by atoms with van der Waals surface area (Å²) in [5, 5.41) is 7.20. The lowest BCUT2D eigenvalue weighted by atomic mass is 9.97. The Bertz CT molecular complexity index is 955. The molecule has 2 atom stereocenters. The van der Waals surface area contributed by atoms with Gasteiger partial charge in [-0.2, -0.15) is 0 Å². The van der Waals surface area contributed by atoms with Crippen LogP contribution in [0, 0.1) is 13.8 Å². The largest absolute Gasteiger partial charge is 0.383 e. The molecule has 4 rings (SSSR count). The third-order valence-electron chi connectivity index (χ3n) is 5.13. The Kier molecular flexibility index (Phi) is 5.43. The third-order valence-corrected chi connectivity index (χ3v) is 6.24. The highest BCUT2D eigenvalue weighted by atomic mass is 32.1. The van der Waals surface area contributed by atoms with Crippen LogP contribution >= 0.6 is 23.6 Å². The first-order valence-corrected chi connectivity index (χ1v) is 10.5. The molecule has 0 amide bonds. The van der Waals surface area contributed by atoms with Crippen molar-refractivity contribution in [3.8, 4) is 5.13 Å². The molecule has 0 unspecified atom stereocenters. The second-order valence-corrected chi connectivity index (χ2v) is 8.05. The summed E-state index contributed by atoms with van der Waals surface area (Å²) in [6, 6.07) is 8.26. The average molecular weight is 414 g/mol. The molecule has 0 saturated carbocycles. The van der Waals surface area contributed by atoms with Gasteiger partial charge in [-0.15, -0.1) is 11.3 Å². The van der Waals surface area contributed by atoms with Crippen molar-refractivity contribution in [1.82, 2.24) is 24.8 Å². The molecule has 1 saturated heterocycles. The maximum absolute atomic E-state index is 5.68. The van der Waals surface area contributed by atoms with Gasteiger partial charge < -0.3 is 15.0 Å². The predicted octanol–water partition coefficient (Wildman–Crippen LogP) is 3.56. The molecule has 28 heavy (non-hydrogen) atoms. The quantitative estimate of drug-likeness (QED) is 0.624. The van der Waals surface area contributed by atoms with Crippen molar-refractivity contribution in [2.75, 3.05) is 20.3 Å². The Morgan fingerprint density at radius 2 is 2.11 bits per heavy atom. The highest BCUT2D eigenvalue weighted by molar-refractivity contribution is 7.80. The van der Waals surface area contributed by atoms with Crippen LogP contribution in [0.3, 0.4) is 0 Å². The van der Waals surface area contributed by atoms with E-state index in [1.807, 2.05) is 36.0 Å². The van der Waals surface area contributed by atoms with Crippen molar-refractivity contribution in [1.29, 1.82) is 0 Å². The van der Waals surface area contributed by atoms with Crippen LogP contribution in [0.25, 0.3) is 5.13 Å². The van der Waals surface area contributed by atoms with E-state index < -0.39 is 0 Å². The molecule has 6 nitrogen and oxygen atoms in total. The number of methoxy groups -OCH3 is 1. The third kappa shape index (κ3) is 3.32. The lowest BCUT2D eigenvalue weighted by molar-refractivity contribution is 0.164. The summed E-state index contributed by atoms with van der Waals surface area (Å²) >= 11 is 7.32. The summed E-state index contributed by atoms with van der Waals surface area (Å²) in [5.74, 6) is 0. The summed E-state index contributed by atoms with van der Waals surface area (Å²) < 4.78 is 7.55. The van der Waals surface area contributed by atoms with Crippen LogP contribution in [-0.4, -0.2) is 44.8 Å². The van der Waals surface area contributed by atoms with Crippen LogP contribution in [0.1, 0.15) is 34.7 Å². The van der Waals surface area contributed by atoms with Crippen molar-refractivity contribution in [2.24, 2.45) is 0 Å². The number of ether oxygens (including phenoxy) is 1. The molecule has 0 spiro atoms. The summed E-state index contributed by atoms with van der Waals surface area (Å²) in [6.45, 7) is 5.60. The number of aromatic nitrogens is 3.